The highest BCUT2D eigenvalue weighted by Crippen LogP contribution is 2.17. The zero-order valence-corrected chi connectivity index (χ0v) is 10.2. The number of aliphatic carboxylic acids is 1. The van der Waals surface area contributed by atoms with Gasteiger partial charge in [-0.25, -0.2) is 4.98 Å². The lowest BCUT2D eigenvalue weighted by Crippen LogP contribution is -2.15. The molecule has 0 aromatic carbocycles. The largest absolute Gasteiger partial charge is 0.481 e. The van der Waals surface area contributed by atoms with E-state index in [0.29, 0.717) is 24.5 Å². The molecule has 0 fully saturated rings. The van der Waals surface area contributed by atoms with Crippen molar-refractivity contribution in [2.45, 2.75) is 20.3 Å². The number of rotatable bonds is 6. The van der Waals surface area contributed by atoms with E-state index < -0.39 is 16.8 Å². The monoisotopic (exact) mass is 253 g/mol. The van der Waals surface area contributed by atoms with E-state index in [1.54, 1.807) is 13.8 Å². The molecule has 1 heterocycles. The summed E-state index contributed by atoms with van der Waals surface area (Å²) in [7, 11) is 0. The van der Waals surface area contributed by atoms with Gasteiger partial charge in [-0.15, -0.1) is 0 Å². The van der Waals surface area contributed by atoms with E-state index in [9.17, 15) is 14.9 Å². The van der Waals surface area contributed by atoms with E-state index in [0.717, 1.165) is 0 Å². The molecule has 1 unspecified atom stereocenters. The summed E-state index contributed by atoms with van der Waals surface area (Å²) in [6, 6.07) is 2.89. The fourth-order valence-corrected chi connectivity index (χ4v) is 1.39. The number of carboxylic acids is 1. The summed E-state index contributed by atoms with van der Waals surface area (Å²) in [5, 5.41) is 22.2. The summed E-state index contributed by atoms with van der Waals surface area (Å²) >= 11 is 0. The first-order valence-corrected chi connectivity index (χ1v) is 5.50. The van der Waals surface area contributed by atoms with Crippen LogP contribution in [-0.4, -0.2) is 27.5 Å². The SMILES string of the molecule is Cc1nc(NCCC(C)C(=O)O)ccc1[N+](=O)[O-]. The van der Waals surface area contributed by atoms with Crippen LogP contribution in [0.1, 0.15) is 19.0 Å². The van der Waals surface area contributed by atoms with E-state index >= 15 is 0 Å². The number of aromatic nitrogens is 1. The van der Waals surface area contributed by atoms with E-state index in [-0.39, 0.29) is 5.69 Å². The van der Waals surface area contributed by atoms with Crippen molar-refractivity contribution in [3.63, 3.8) is 0 Å². The van der Waals surface area contributed by atoms with Gasteiger partial charge in [-0.1, -0.05) is 6.92 Å². The van der Waals surface area contributed by atoms with Gasteiger partial charge >= 0.3 is 5.97 Å². The molecule has 0 amide bonds. The number of nitro groups is 1. The summed E-state index contributed by atoms with van der Waals surface area (Å²) in [6.07, 6.45) is 0.465. The predicted molar refractivity (Wildman–Crippen MR) is 65.5 cm³/mol. The third-order valence-corrected chi connectivity index (χ3v) is 2.56. The van der Waals surface area contributed by atoms with Crippen molar-refractivity contribution in [2.75, 3.05) is 11.9 Å². The van der Waals surface area contributed by atoms with Gasteiger partial charge in [-0.3, -0.25) is 14.9 Å². The van der Waals surface area contributed by atoms with Crippen molar-refractivity contribution in [1.29, 1.82) is 0 Å². The fourth-order valence-electron chi connectivity index (χ4n) is 1.39. The average Bonchev–Trinajstić information content (AvgIpc) is 2.28. The molecular weight excluding hydrogens is 238 g/mol. The Morgan fingerprint density at radius 1 is 1.61 bits per heavy atom. The molecule has 98 valence electrons. The van der Waals surface area contributed by atoms with Crippen LogP contribution in [0.2, 0.25) is 0 Å². The van der Waals surface area contributed by atoms with Crippen LogP contribution < -0.4 is 5.32 Å². The van der Waals surface area contributed by atoms with Crippen molar-refractivity contribution in [2.24, 2.45) is 5.92 Å². The Hall–Kier alpha value is -2.18. The molecule has 0 spiro atoms. The van der Waals surface area contributed by atoms with E-state index in [1.165, 1.54) is 12.1 Å². The molecule has 2 N–H and O–H groups in total. The predicted octanol–water partition coefficient (Wildman–Crippen LogP) is 1.82. The second kappa shape index (κ2) is 5.95. The lowest BCUT2D eigenvalue weighted by molar-refractivity contribution is -0.385. The number of carboxylic acid groups (broad SMARTS) is 1. The topological polar surface area (TPSA) is 105 Å². The molecule has 7 nitrogen and oxygen atoms in total. The normalized spacial score (nSPS) is 11.9. The lowest BCUT2D eigenvalue weighted by Gasteiger charge is -2.08. The molecule has 18 heavy (non-hydrogen) atoms. The number of hydrogen-bond acceptors (Lipinski definition) is 5. The van der Waals surface area contributed by atoms with E-state index in [1.807, 2.05) is 0 Å². The first-order valence-electron chi connectivity index (χ1n) is 5.50. The van der Waals surface area contributed by atoms with Gasteiger partial charge in [0.25, 0.3) is 5.69 Å². The van der Waals surface area contributed by atoms with Gasteiger partial charge in [0.05, 0.1) is 10.8 Å². The van der Waals surface area contributed by atoms with Crippen molar-refractivity contribution in [3.8, 4) is 0 Å². The van der Waals surface area contributed by atoms with Crippen LogP contribution in [0.15, 0.2) is 12.1 Å². The minimum Gasteiger partial charge on any atom is -0.481 e. The maximum atomic E-state index is 10.6. The van der Waals surface area contributed by atoms with Crippen LogP contribution in [0.3, 0.4) is 0 Å². The summed E-state index contributed by atoms with van der Waals surface area (Å²) in [6.45, 7) is 3.64. The van der Waals surface area contributed by atoms with Crippen LogP contribution in [0.5, 0.6) is 0 Å². The van der Waals surface area contributed by atoms with Crippen LogP contribution in [0, 0.1) is 23.0 Å². The van der Waals surface area contributed by atoms with Crippen LogP contribution >= 0.6 is 0 Å². The average molecular weight is 253 g/mol. The Balaban J connectivity index is 2.56. The molecule has 0 bridgehead atoms. The Morgan fingerprint density at radius 3 is 2.78 bits per heavy atom. The molecule has 0 aliphatic carbocycles. The Morgan fingerprint density at radius 2 is 2.28 bits per heavy atom. The maximum Gasteiger partial charge on any atom is 0.306 e. The number of anilines is 1. The number of hydrogen-bond donors (Lipinski definition) is 2. The molecule has 1 aromatic rings. The van der Waals surface area contributed by atoms with Gasteiger partial charge in [0.2, 0.25) is 0 Å². The third-order valence-electron chi connectivity index (χ3n) is 2.56. The molecule has 0 aliphatic heterocycles. The molecular formula is C11H15N3O4. The van der Waals surface area contributed by atoms with Gasteiger partial charge in [0.1, 0.15) is 11.5 Å². The van der Waals surface area contributed by atoms with Crippen LogP contribution in [-0.2, 0) is 4.79 Å². The first-order chi connectivity index (χ1) is 8.41. The van der Waals surface area contributed by atoms with E-state index in [2.05, 4.69) is 10.3 Å². The minimum atomic E-state index is -0.843. The van der Waals surface area contributed by atoms with Crippen molar-refractivity contribution >= 4 is 17.5 Å². The highest BCUT2D eigenvalue weighted by atomic mass is 16.6. The minimum absolute atomic E-state index is 0.0283. The molecule has 1 aromatic heterocycles. The second-order valence-electron chi connectivity index (χ2n) is 4.01. The van der Waals surface area contributed by atoms with Crippen molar-refractivity contribution in [1.82, 2.24) is 4.98 Å². The highest BCUT2D eigenvalue weighted by molar-refractivity contribution is 5.69. The summed E-state index contributed by atoms with van der Waals surface area (Å²) in [5.41, 5.74) is 0.302. The standard InChI is InChI=1S/C11H15N3O4/c1-7(11(15)16)5-6-12-10-4-3-9(14(17)18)8(2)13-10/h3-4,7H,5-6H2,1-2H3,(H,12,13)(H,15,16). The maximum absolute atomic E-state index is 10.6. The number of nitrogens with zero attached hydrogens (tertiary/aromatic N) is 2. The smallest absolute Gasteiger partial charge is 0.306 e. The summed E-state index contributed by atoms with van der Waals surface area (Å²) < 4.78 is 0. The molecule has 0 radical (unpaired) electrons. The van der Waals surface area contributed by atoms with Gasteiger partial charge in [0, 0.05) is 12.6 Å². The number of pyridine rings is 1. The third kappa shape index (κ3) is 3.69. The Bertz CT molecular complexity index is 462. The molecule has 0 saturated heterocycles. The lowest BCUT2D eigenvalue weighted by atomic mass is 10.1. The zero-order valence-electron chi connectivity index (χ0n) is 10.2. The van der Waals surface area contributed by atoms with Crippen LogP contribution in [0.4, 0.5) is 11.5 Å². The first kappa shape index (κ1) is 13.9. The van der Waals surface area contributed by atoms with Gasteiger partial charge < -0.3 is 10.4 Å². The quantitative estimate of drug-likeness (QED) is 0.591. The van der Waals surface area contributed by atoms with E-state index in [4.69, 9.17) is 5.11 Å². The zero-order chi connectivity index (χ0) is 13.7. The van der Waals surface area contributed by atoms with Gasteiger partial charge in [-0.2, -0.15) is 0 Å². The molecule has 1 atom stereocenters. The number of nitrogens with one attached hydrogen (secondary N) is 1. The van der Waals surface area contributed by atoms with Gasteiger partial charge in [0.15, 0.2) is 0 Å². The molecule has 0 saturated carbocycles. The summed E-state index contributed by atoms with van der Waals surface area (Å²) in [4.78, 5) is 24.7. The van der Waals surface area contributed by atoms with Crippen LogP contribution in [0.25, 0.3) is 0 Å². The second-order valence-corrected chi connectivity index (χ2v) is 4.01. The Labute approximate surface area is 104 Å². The Kier molecular flexibility index (Phi) is 4.59. The number of carbonyl (C=O) groups is 1. The molecule has 0 aliphatic rings. The summed E-state index contributed by atoms with van der Waals surface area (Å²) in [5.74, 6) is -0.767. The molecule has 1 rings (SSSR count). The molecule has 7 heteroatoms. The van der Waals surface area contributed by atoms with Crippen molar-refractivity contribution < 1.29 is 14.8 Å². The van der Waals surface area contributed by atoms with Gasteiger partial charge in [-0.05, 0) is 19.4 Å². The number of aryl methyl sites for hydroxylation is 1. The highest BCUT2D eigenvalue weighted by Gasteiger charge is 2.12. The fraction of sp³-hybridized carbons (Fsp3) is 0.455. The van der Waals surface area contributed by atoms with Crippen molar-refractivity contribution in [3.05, 3.63) is 27.9 Å².